The zero-order chi connectivity index (χ0) is 17.0. The summed E-state index contributed by atoms with van der Waals surface area (Å²) in [6, 6.07) is 2.69. The van der Waals surface area contributed by atoms with Crippen LogP contribution in [0.4, 0.5) is 22.2 Å². The topological polar surface area (TPSA) is 129 Å². The zero-order valence-electron chi connectivity index (χ0n) is 12.6. The van der Waals surface area contributed by atoms with Gasteiger partial charge in [-0.3, -0.25) is 9.59 Å². The van der Waals surface area contributed by atoms with Crippen molar-refractivity contribution in [1.82, 2.24) is 9.36 Å². The van der Waals surface area contributed by atoms with Gasteiger partial charge in [-0.2, -0.15) is 4.37 Å². The molecule has 0 spiro atoms. The monoisotopic (exact) mass is 334 g/mol. The molecule has 3 N–H and O–H groups in total. The van der Waals surface area contributed by atoms with E-state index in [-0.39, 0.29) is 34.6 Å². The second-order valence-electron chi connectivity index (χ2n) is 4.57. The molecule has 0 fully saturated rings. The lowest BCUT2D eigenvalue weighted by Crippen LogP contribution is -2.08. The molecular weight excluding hydrogens is 320 g/mol. The highest BCUT2D eigenvalue weighted by molar-refractivity contribution is 7.09. The van der Waals surface area contributed by atoms with Crippen molar-refractivity contribution in [2.75, 3.05) is 10.6 Å². The lowest BCUT2D eigenvalue weighted by atomic mass is 10.2. The molecule has 0 aliphatic carbocycles. The lowest BCUT2D eigenvalue weighted by molar-refractivity contribution is -0.115. The SMILES string of the molecule is CC(=O)Nc1cc(N=Nc2nc(C)ns2)c(NC(C)=O)cc1O. The highest BCUT2D eigenvalue weighted by atomic mass is 32.1. The predicted octanol–water partition coefficient (Wildman–Crippen LogP) is 2.88. The molecule has 23 heavy (non-hydrogen) atoms. The molecule has 0 saturated heterocycles. The number of rotatable bonds is 4. The number of phenols is 1. The molecule has 10 heteroatoms. The quantitative estimate of drug-likeness (QED) is 0.585. The van der Waals surface area contributed by atoms with E-state index in [2.05, 4.69) is 30.2 Å². The van der Waals surface area contributed by atoms with Gasteiger partial charge in [0.25, 0.3) is 0 Å². The molecule has 0 radical (unpaired) electrons. The zero-order valence-corrected chi connectivity index (χ0v) is 13.4. The van der Waals surface area contributed by atoms with Gasteiger partial charge in [-0.05, 0) is 13.0 Å². The van der Waals surface area contributed by atoms with E-state index in [1.54, 1.807) is 6.92 Å². The second kappa shape index (κ2) is 6.92. The second-order valence-corrected chi connectivity index (χ2v) is 5.30. The molecule has 1 aromatic heterocycles. The Labute approximate surface area is 135 Å². The standard InChI is InChI=1S/C13H14N6O3S/c1-6-14-13(23-19-6)18-17-10-4-11(16-8(3)21)12(22)5-9(10)15-7(2)20/h4-5,22H,1-3H3,(H,15,20)(H,16,21). The number of aromatic hydroxyl groups is 1. The minimum absolute atomic E-state index is 0.161. The maximum Gasteiger partial charge on any atom is 0.249 e. The van der Waals surface area contributed by atoms with Crippen LogP contribution in [0.5, 0.6) is 5.75 Å². The summed E-state index contributed by atoms with van der Waals surface area (Å²) in [5.41, 5.74) is 0.678. The van der Waals surface area contributed by atoms with Gasteiger partial charge in [-0.25, -0.2) is 4.98 Å². The molecular formula is C13H14N6O3S. The maximum atomic E-state index is 11.3. The number of azo groups is 1. The van der Waals surface area contributed by atoms with Gasteiger partial charge in [-0.1, -0.05) is 0 Å². The number of aromatic nitrogens is 2. The third-order valence-corrected chi connectivity index (χ3v) is 3.19. The van der Waals surface area contributed by atoms with E-state index < -0.39 is 0 Å². The van der Waals surface area contributed by atoms with Crippen LogP contribution in [0.25, 0.3) is 0 Å². The molecule has 120 valence electrons. The normalized spacial score (nSPS) is 10.7. The molecule has 1 heterocycles. The van der Waals surface area contributed by atoms with E-state index in [1.165, 1.54) is 26.0 Å². The smallest absolute Gasteiger partial charge is 0.249 e. The van der Waals surface area contributed by atoms with Crippen molar-refractivity contribution in [2.24, 2.45) is 10.2 Å². The van der Waals surface area contributed by atoms with Gasteiger partial charge >= 0.3 is 0 Å². The first-order valence-electron chi connectivity index (χ1n) is 6.49. The Balaban J connectivity index is 2.41. The minimum atomic E-state index is -0.352. The summed E-state index contributed by atoms with van der Waals surface area (Å²) in [5.74, 6) is -0.305. The van der Waals surface area contributed by atoms with Gasteiger partial charge in [0, 0.05) is 31.4 Å². The van der Waals surface area contributed by atoms with E-state index in [0.717, 1.165) is 11.5 Å². The molecule has 0 aliphatic rings. The summed E-state index contributed by atoms with van der Waals surface area (Å²) in [4.78, 5) is 26.5. The number of aryl methyl sites for hydroxylation is 1. The molecule has 0 saturated carbocycles. The molecule has 2 rings (SSSR count). The number of anilines is 2. The first kappa shape index (κ1) is 16.5. The van der Waals surface area contributed by atoms with E-state index in [9.17, 15) is 14.7 Å². The van der Waals surface area contributed by atoms with Gasteiger partial charge in [0.2, 0.25) is 16.9 Å². The van der Waals surface area contributed by atoms with Crippen LogP contribution in [0.1, 0.15) is 19.7 Å². The molecule has 1 aromatic carbocycles. The predicted molar refractivity (Wildman–Crippen MR) is 85.5 cm³/mol. The number of nitrogens with zero attached hydrogens (tertiary/aromatic N) is 4. The highest BCUT2D eigenvalue weighted by Crippen LogP contribution is 2.37. The van der Waals surface area contributed by atoms with Crippen molar-refractivity contribution in [3.8, 4) is 5.75 Å². The third-order valence-electron chi connectivity index (χ3n) is 2.50. The molecule has 0 bridgehead atoms. The van der Waals surface area contributed by atoms with E-state index in [4.69, 9.17) is 0 Å². The van der Waals surface area contributed by atoms with Crippen LogP contribution in [0.15, 0.2) is 22.4 Å². The van der Waals surface area contributed by atoms with Crippen molar-refractivity contribution in [3.63, 3.8) is 0 Å². The van der Waals surface area contributed by atoms with Gasteiger partial charge in [-0.15, -0.1) is 10.2 Å². The van der Waals surface area contributed by atoms with Crippen LogP contribution in [-0.4, -0.2) is 26.3 Å². The van der Waals surface area contributed by atoms with Crippen LogP contribution < -0.4 is 10.6 Å². The van der Waals surface area contributed by atoms with Crippen molar-refractivity contribution in [3.05, 3.63) is 18.0 Å². The Morgan fingerprint density at radius 2 is 1.78 bits per heavy atom. The van der Waals surface area contributed by atoms with E-state index in [0.29, 0.717) is 11.0 Å². The number of hydrogen-bond donors (Lipinski definition) is 3. The van der Waals surface area contributed by atoms with Crippen LogP contribution in [0.2, 0.25) is 0 Å². The summed E-state index contributed by atoms with van der Waals surface area (Å²) in [6.07, 6.45) is 0. The maximum absolute atomic E-state index is 11.3. The van der Waals surface area contributed by atoms with Gasteiger partial charge in [0.1, 0.15) is 17.3 Å². The van der Waals surface area contributed by atoms with Gasteiger partial charge in [0.05, 0.1) is 11.4 Å². The molecule has 9 nitrogen and oxygen atoms in total. The minimum Gasteiger partial charge on any atom is -0.506 e. The number of phenolic OH excluding ortho intramolecular Hbond substituents is 1. The van der Waals surface area contributed by atoms with E-state index >= 15 is 0 Å². The number of carbonyl (C=O) groups is 2. The molecule has 0 aliphatic heterocycles. The summed E-state index contributed by atoms with van der Waals surface area (Å²) in [7, 11) is 0. The number of carbonyl (C=O) groups excluding carboxylic acids is 2. The Kier molecular flexibility index (Phi) is 4.96. The molecule has 2 amide bonds. The van der Waals surface area contributed by atoms with Crippen LogP contribution in [0, 0.1) is 6.92 Å². The average molecular weight is 334 g/mol. The Morgan fingerprint density at radius 3 is 2.35 bits per heavy atom. The molecule has 0 unspecified atom stereocenters. The first-order valence-corrected chi connectivity index (χ1v) is 7.26. The van der Waals surface area contributed by atoms with Crippen LogP contribution >= 0.6 is 11.5 Å². The molecule has 2 aromatic rings. The average Bonchev–Trinajstić information content (AvgIpc) is 2.85. The van der Waals surface area contributed by atoms with Crippen LogP contribution in [-0.2, 0) is 9.59 Å². The number of hydrogen-bond acceptors (Lipinski definition) is 8. The first-order chi connectivity index (χ1) is 10.8. The third kappa shape index (κ3) is 4.54. The Morgan fingerprint density at radius 1 is 1.13 bits per heavy atom. The Bertz CT molecular complexity index is 786. The summed E-state index contributed by atoms with van der Waals surface area (Å²) in [5, 5.41) is 23.2. The van der Waals surface area contributed by atoms with E-state index in [1.807, 2.05) is 0 Å². The van der Waals surface area contributed by atoms with Crippen molar-refractivity contribution >= 4 is 45.5 Å². The summed E-state index contributed by atoms with van der Waals surface area (Å²) >= 11 is 1.08. The number of benzene rings is 1. The van der Waals surface area contributed by atoms with Crippen molar-refractivity contribution < 1.29 is 14.7 Å². The lowest BCUT2D eigenvalue weighted by Gasteiger charge is -2.10. The summed E-state index contributed by atoms with van der Waals surface area (Å²) < 4.78 is 3.98. The summed E-state index contributed by atoms with van der Waals surface area (Å²) in [6.45, 7) is 4.37. The van der Waals surface area contributed by atoms with Gasteiger partial charge in [0.15, 0.2) is 0 Å². The highest BCUT2D eigenvalue weighted by Gasteiger charge is 2.12. The van der Waals surface area contributed by atoms with Crippen LogP contribution in [0.3, 0.4) is 0 Å². The number of amides is 2. The van der Waals surface area contributed by atoms with Gasteiger partial charge < -0.3 is 15.7 Å². The Hall–Kier alpha value is -2.88. The molecule has 0 atom stereocenters. The van der Waals surface area contributed by atoms with Crippen molar-refractivity contribution in [2.45, 2.75) is 20.8 Å². The fourth-order valence-corrected chi connectivity index (χ4v) is 2.17. The fourth-order valence-electron chi connectivity index (χ4n) is 1.66. The number of nitrogens with one attached hydrogen (secondary N) is 2. The fraction of sp³-hybridized carbons (Fsp3) is 0.231. The van der Waals surface area contributed by atoms with Crippen molar-refractivity contribution in [1.29, 1.82) is 0 Å². The largest absolute Gasteiger partial charge is 0.506 e.